The van der Waals surface area contributed by atoms with Gasteiger partial charge in [-0.1, -0.05) is 40.9 Å². The number of aryl methyl sites for hydroxylation is 1. The highest BCUT2D eigenvalue weighted by atomic mass is 35.5. The number of benzene rings is 2. The van der Waals surface area contributed by atoms with Crippen LogP contribution in [0.3, 0.4) is 0 Å². The summed E-state index contributed by atoms with van der Waals surface area (Å²) in [5.41, 5.74) is 3.99. The Balaban J connectivity index is 1.25. The number of likely N-dealkylation sites (tertiary alicyclic amines) is 1. The fraction of sp³-hybridized carbons (Fsp3) is 0.417. The maximum Gasteiger partial charge on any atom is 0.410 e. The van der Waals surface area contributed by atoms with E-state index >= 15 is 0 Å². The van der Waals surface area contributed by atoms with Crippen molar-refractivity contribution in [2.24, 2.45) is 11.8 Å². The highest BCUT2D eigenvalue weighted by molar-refractivity contribution is 6.34. The van der Waals surface area contributed by atoms with Crippen molar-refractivity contribution in [2.75, 3.05) is 13.1 Å². The minimum absolute atomic E-state index is 0.0814. The summed E-state index contributed by atoms with van der Waals surface area (Å²) in [6.45, 7) is 3.49. The number of carbonyl (C=O) groups is 2. The predicted molar refractivity (Wildman–Crippen MR) is 118 cm³/mol. The number of hydrogen-bond donors (Lipinski definition) is 0. The Kier molecular flexibility index (Phi) is 6.35. The van der Waals surface area contributed by atoms with E-state index in [4.69, 9.17) is 27.9 Å². The molecule has 0 spiro atoms. The van der Waals surface area contributed by atoms with Crippen molar-refractivity contribution < 1.29 is 14.3 Å². The number of halogens is 2. The Bertz CT molecular complexity index is 947. The van der Waals surface area contributed by atoms with E-state index < -0.39 is 0 Å². The summed E-state index contributed by atoms with van der Waals surface area (Å²) in [5.74, 6) is 0.832. The van der Waals surface area contributed by atoms with Gasteiger partial charge in [-0.15, -0.1) is 0 Å². The molecule has 1 saturated heterocycles. The van der Waals surface area contributed by atoms with Gasteiger partial charge in [0.05, 0.1) is 0 Å². The van der Waals surface area contributed by atoms with Gasteiger partial charge in [0.2, 0.25) is 0 Å². The minimum Gasteiger partial charge on any atom is -0.445 e. The molecule has 4 nitrogen and oxygen atoms in total. The number of amides is 1. The van der Waals surface area contributed by atoms with Crippen LogP contribution in [0.4, 0.5) is 4.79 Å². The predicted octanol–water partition coefficient (Wildman–Crippen LogP) is 6.10. The molecule has 0 bridgehead atoms. The second-order valence-electron chi connectivity index (χ2n) is 8.42. The first-order valence-corrected chi connectivity index (χ1v) is 11.1. The molecule has 1 atom stereocenters. The molecule has 0 N–H and O–H groups in total. The van der Waals surface area contributed by atoms with E-state index in [0.717, 1.165) is 42.4 Å². The second kappa shape index (κ2) is 8.99. The summed E-state index contributed by atoms with van der Waals surface area (Å²) >= 11 is 12.0. The molecule has 2 aliphatic rings. The van der Waals surface area contributed by atoms with Gasteiger partial charge in [-0.2, -0.15) is 0 Å². The third-order valence-electron chi connectivity index (χ3n) is 6.14. The largest absolute Gasteiger partial charge is 0.445 e. The van der Waals surface area contributed by atoms with Crippen LogP contribution in [0.25, 0.3) is 0 Å². The van der Waals surface area contributed by atoms with Crippen LogP contribution in [0.1, 0.15) is 46.3 Å². The molecule has 1 heterocycles. The van der Waals surface area contributed by atoms with E-state index in [1.165, 1.54) is 5.56 Å². The molecule has 0 saturated carbocycles. The summed E-state index contributed by atoms with van der Waals surface area (Å²) in [7, 11) is 0. The molecule has 1 aliphatic heterocycles. The molecule has 2 aromatic carbocycles. The molecule has 1 unspecified atom stereocenters. The highest BCUT2D eigenvalue weighted by Gasteiger charge is 2.33. The van der Waals surface area contributed by atoms with Gasteiger partial charge in [0.1, 0.15) is 6.61 Å². The van der Waals surface area contributed by atoms with Crippen molar-refractivity contribution in [3.63, 3.8) is 0 Å². The first-order valence-electron chi connectivity index (χ1n) is 10.4. The van der Waals surface area contributed by atoms with Crippen LogP contribution in [-0.2, 0) is 17.8 Å². The number of Topliss-reactive ketones (excluding diaryl/α,β-unsaturated/α-hetero) is 1. The van der Waals surface area contributed by atoms with E-state index in [1.807, 2.05) is 13.0 Å². The van der Waals surface area contributed by atoms with E-state index in [9.17, 15) is 9.59 Å². The van der Waals surface area contributed by atoms with Crippen LogP contribution in [0.5, 0.6) is 0 Å². The van der Waals surface area contributed by atoms with Gasteiger partial charge in [0.25, 0.3) is 0 Å². The van der Waals surface area contributed by atoms with Crippen molar-refractivity contribution in [3.05, 3.63) is 68.7 Å². The zero-order chi connectivity index (χ0) is 21.3. The zero-order valence-electron chi connectivity index (χ0n) is 17.0. The molecule has 1 aliphatic carbocycles. The van der Waals surface area contributed by atoms with E-state index in [1.54, 1.807) is 23.1 Å². The first kappa shape index (κ1) is 21.2. The van der Waals surface area contributed by atoms with Crippen molar-refractivity contribution in [1.82, 2.24) is 4.90 Å². The van der Waals surface area contributed by atoms with Crippen LogP contribution in [-0.4, -0.2) is 29.9 Å². The Labute approximate surface area is 187 Å². The molecule has 0 radical (unpaired) electrons. The van der Waals surface area contributed by atoms with Gasteiger partial charge in [-0.25, -0.2) is 4.79 Å². The van der Waals surface area contributed by atoms with Crippen LogP contribution < -0.4 is 0 Å². The van der Waals surface area contributed by atoms with E-state index in [0.29, 0.717) is 29.1 Å². The van der Waals surface area contributed by atoms with Crippen LogP contribution >= 0.6 is 23.2 Å². The fourth-order valence-electron chi connectivity index (χ4n) is 4.55. The van der Waals surface area contributed by atoms with Crippen LogP contribution in [0.15, 0.2) is 36.4 Å². The number of carbonyl (C=O) groups excluding carboxylic acids is 2. The summed E-state index contributed by atoms with van der Waals surface area (Å²) in [5, 5.41) is 1.04. The number of hydrogen-bond acceptors (Lipinski definition) is 3. The van der Waals surface area contributed by atoms with Crippen molar-refractivity contribution in [1.29, 1.82) is 0 Å². The summed E-state index contributed by atoms with van der Waals surface area (Å²) in [6, 6.07) is 11.3. The van der Waals surface area contributed by atoms with Crippen molar-refractivity contribution in [2.45, 2.75) is 39.2 Å². The average Bonchev–Trinajstić information content (AvgIpc) is 3.01. The van der Waals surface area contributed by atoms with E-state index in [-0.39, 0.29) is 24.4 Å². The molecule has 4 rings (SSSR count). The van der Waals surface area contributed by atoms with Gasteiger partial charge >= 0.3 is 6.09 Å². The third kappa shape index (κ3) is 4.81. The van der Waals surface area contributed by atoms with Crippen molar-refractivity contribution >= 4 is 35.1 Å². The minimum atomic E-state index is -0.315. The van der Waals surface area contributed by atoms with Gasteiger partial charge in [-0.3, -0.25) is 4.79 Å². The molecule has 30 heavy (non-hydrogen) atoms. The van der Waals surface area contributed by atoms with Gasteiger partial charge in [0.15, 0.2) is 5.78 Å². The monoisotopic (exact) mass is 445 g/mol. The Morgan fingerprint density at radius 2 is 1.80 bits per heavy atom. The smallest absolute Gasteiger partial charge is 0.410 e. The zero-order valence-corrected chi connectivity index (χ0v) is 18.5. The third-order valence-corrected chi connectivity index (χ3v) is 6.58. The number of ketones is 1. The summed E-state index contributed by atoms with van der Waals surface area (Å²) < 4.78 is 5.43. The molecular weight excluding hydrogens is 421 g/mol. The SMILES string of the molecule is Cc1ccc2c(c1)C(=O)C(CC1CCN(C(=O)OCc3cc(Cl)cc(Cl)c3)CC1)C2. The standard InChI is InChI=1S/C24H25Cl2NO3/c1-15-2-3-18-12-19(23(28)22(18)8-15)9-16-4-6-27(7-5-16)24(29)30-14-17-10-20(25)13-21(26)11-17/h2-3,8,10-11,13,16,19H,4-7,9,12,14H2,1H3. The number of piperidine rings is 1. The normalized spacial score (nSPS) is 19.1. The molecule has 158 valence electrons. The Hall–Kier alpha value is -2.04. The average molecular weight is 446 g/mol. The quantitative estimate of drug-likeness (QED) is 0.571. The van der Waals surface area contributed by atoms with Gasteiger partial charge in [-0.05, 0) is 73.9 Å². The number of rotatable bonds is 4. The summed E-state index contributed by atoms with van der Waals surface area (Å²) in [4.78, 5) is 26.9. The van der Waals surface area contributed by atoms with E-state index in [2.05, 4.69) is 12.1 Å². The van der Waals surface area contributed by atoms with Crippen molar-refractivity contribution in [3.8, 4) is 0 Å². The maximum atomic E-state index is 12.8. The molecule has 2 aromatic rings. The number of fused-ring (bicyclic) bond motifs is 1. The maximum absolute atomic E-state index is 12.8. The highest BCUT2D eigenvalue weighted by Crippen LogP contribution is 2.34. The Morgan fingerprint density at radius 1 is 1.10 bits per heavy atom. The lowest BCUT2D eigenvalue weighted by atomic mass is 9.85. The molecule has 1 fully saturated rings. The van der Waals surface area contributed by atoms with Gasteiger partial charge < -0.3 is 9.64 Å². The molecule has 0 aromatic heterocycles. The lowest BCUT2D eigenvalue weighted by molar-refractivity contribution is 0.0765. The lowest BCUT2D eigenvalue weighted by Gasteiger charge is -2.32. The second-order valence-corrected chi connectivity index (χ2v) is 9.30. The molecule has 1 amide bonds. The van der Waals surface area contributed by atoms with Crippen LogP contribution in [0.2, 0.25) is 10.0 Å². The molecule has 6 heteroatoms. The van der Waals surface area contributed by atoms with Gasteiger partial charge in [0, 0.05) is 34.6 Å². The summed E-state index contributed by atoms with van der Waals surface area (Å²) in [6.07, 6.45) is 3.23. The molecular formula is C24H25Cl2NO3. The topological polar surface area (TPSA) is 46.6 Å². The lowest BCUT2D eigenvalue weighted by Crippen LogP contribution is -2.39. The van der Waals surface area contributed by atoms with Crippen LogP contribution in [0, 0.1) is 18.8 Å². The Morgan fingerprint density at radius 3 is 2.50 bits per heavy atom. The first-order chi connectivity index (χ1) is 14.4. The number of nitrogens with zero attached hydrogens (tertiary/aromatic N) is 1. The fourth-order valence-corrected chi connectivity index (χ4v) is 5.12. The number of ether oxygens (including phenoxy) is 1.